The van der Waals surface area contributed by atoms with Crippen LogP contribution < -0.4 is 14.2 Å². The van der Waals surface area contributed by atoms with Gasteiger partial charge in [-0.2, -0.15) is 4.31 Å². The van der Waals surface area contributed by atoms with E-state index in [0.29, 0.717) is 54.9 Å². The van der Waals surface area contributed by atoms with E-state index in [9.17, 15) is 18.0 Å². The second-order valence-corrected chi connectivity index (χ2v) is 13.8. The van der Waals surface area contributed by atoms with Crippen LogP contribution in [0.3, 0.4) is 0 Å². The lowest BCUT2D eigenvalue weighted by Gasteiger charge is -2.33. The van der Waals surface area contributed by atoms with Crippen molar-refractivity contribution in [3.8, 4) is 17.2 Å². The number of nitrogens with zero attached hydrogens (tertiary/aromatic N) is 1. The number of aliphatic carboxylic acids is 1. The molecule has 12 heteroatoms. The predicted octanol–water partition coefficient (Wildman–Crippen LogP) is 5.84. The van der Waals surface area contributed by atoms with Gasteiger partial charge in [0.25, 0.3) is 10.0 Å². The second-order valence-electron chi connectivity index (χ2n) is 10.6. The number of thiophene rings is 1. The summed E-state index contributed by atoms with van der Waals surface area (Å²) in [5.74, 6) is -0.280. The first kappa shape index (κ1) is 32.3. The maximum Gasteiger partial charge on any atom is 0.341 e. The highest BCUT2D eigenvalue weighted by molar-refractivity contribution is 7.91. The molecule has 0 saturated carbocycles. The van der Waals surface area contributed by atoms with E-state index in [4.69, 9.17) is 24.1 Å². The molecule has 45 heavy (non-hydrogen) atoms. The topological polar surface area (TPSA) is 129 Å². The summed E-state index contributed by atoms with van der Waals surface area (Å²) in [5.41, 5.74) is 1.51. The summed E-state index contributed by atoms with van der Waals surface area (Å²) in [5, 5.41) is 9.89. The van der Waals surface area contributed by atoms with Gasteiger partial charge in [0.1, 0.15) is 22.1 Å². The van der Waals surface area contributed by atoms with Gasteiger partial charge in [0.05, 0.1) is 14.2 Å². The maximum absolute atomic E-state index is 13.9. The van der Waals surface area contributed by atoms with Crippen LogP contribution in [0.1, 0.15) is 42.9 Å². The van der Waals surface area contributed by atoms with E-state index >= 15 is 0 Å². The van der Waals surface area contributed by atoms with E-state index in [-0.39, 0.29) is 10.8 Å². The van der Waals surface area contributed by atoms with Crippen LogP contribution in [0, 0.1) is 0 Å². The monoisotopic (exact) mass is 653 g/mol. The lowest BCUT2D eigenvalue weighted by molar-refractivity contribution is -0.155. The molecular weight excluding hydrogens is 618 g/mol. The largest absolute Gasteiger partial charge is 0.493 e. The van der Waals surface area contributed by atoms with Crippen molar-refractivity contribution >= 4 is 43.4 Å². The van der Waals surface area contributed by atoms with Gasteiger partial charge in [0.15, 0.2) is 18.1 Å². The van der Waals surface area contributed by atoms with Crippen LogP contribution in [0.2, 0.25) is 0 Å². The first-order valence-electron chi connectivity index (χ1n) is 14.6. The number of sulfonamides is 1. The van der Waals surface area contributed by atoms with Crippen LogP contribution in [0.15, 0.2) is 77.0 Å². The Labute approximate surface area is 266 Å². The summed E-state index contributed by atoms with van der Waals surface area (Å²) < 4.78 is 52.3. The third-order valence-electron chi connectivity index (χ3n) is 7.69. The van der Waals surface area contributed by atoms with Crippen LogP contribution in [0.25, 0.3) is 10.1 Å². The molecule has 1 N–H and O–H groups in total. The van der Waals surface area contributed by atoms with Crippen LogP contribution in [-0.2, 0) is 30.8 Å². The van der Waals surface area contributed by atoms with Crippen LogP contribution >= 0.6 is 11.3 Å². The van der Waals surface area contributed by atoms with Gasteiger partial charge in [-0.3, -0.25) is 4.79 Å². The number of piperidine rings is 1. The molecular formula is C33H35NO9S2. The lowest BCUT2D eigenvalue weighted by atomic mass is 10.00. The zero-order valence-electron chi connectivity index (χ0n) is 25.0. The molecule has 0 amide bonds. The zero-order chi connectivity index (χ0) is 32.0. The molecule has 1 aliphatic heterocycles. The predicted molar refractivity (Wildman–Crippen MR) is 170 cm³/mol. The fourth-order valence-electron chi connectivity index (χ4n) is 5.42. The van der Waals surface area contributed by atoms with Gasteiger partial charge < -0.3 is 24.1 Å². The number of aryl methyl sites for hydroxylation is 1. The highest BCUT2D eigenvalue weighted by Crippen LogP contribution is 2.36. The molecule has 0 spiro atoms. The maximum atomic E-state index is 13.9. The number of hydrogen-bond acceptors (Lipinski definition) is 9. The summed E-state index contributed by atoms with van der Waals surface area (Å²) in [6, 6.07) is 20.4. The zero-order valence-corrected chi connectivity index (χ0v) is 26.6. The molecule has 1 aliphatic rings. The first-order valence-corrected chi connectivity index (χ1v) is 16.8. The number of benzene rings is 3. The van der Waals surface area contributed by atoms with E-state index in [2.05, 4.69) is 0 Å². The molecule has 3 aromatic carbocycles. The van der Waals surface area contributed by atoms with E-state index in [1.165, 1.54) is 15.6 Å². The minimum absolute atomic E-state index is 0.191. The standard InChI is InChI=1S/C33H35NO9S2/c1-40-28-16-14-22(18-29(28)41-2)13-15-27(23-9-7-10-25(19-23)42-21-31(35)36)43-33(37)26-11-5-6-17-34(26)45(38,39)32-20-24-8-3-4-12-30(24)44-32/h3-4,7-10,12,14,16,18-20,26-27H,5-6,11,13,15,17,21H2,1-2H3,(H,35,36)/t26-,27+/m0/s1. The van der Waals surface area contributed by atoms with Crippen molar-refractivity contribution in [1.82, 2.24) is 4.31 Å². The Kier molecular flexibility index (Phi) is 10.3. The number of carbonyl (C=O) groups excluding carboxylic acids is 1. The summed E-state index contributed by atoms with van der Waals surface area (Å²) >= 11 is 1.19. The molecule has 5 rings (SSSR count). The quantitative estimate of drug-likeness (QED) is 0.177. The van der Waals surface area contributed by atoms with E-state index in [1.807, 2.05) is 36.4 Å². The van der Waals surface area contributed by atoms with E-state index < -0.39 is 40.7 Å². The SMILES string of the molecule is COc1ccc(CC[C@@H](OC(=O)[C@@H]2CCCCN2S(=O)(=O)c2cc3ccccc3s2)c2cccc(OCC(=O)O)c2)cc1OC. The number of ether oxygens (including phenoxy) is 4. The number of methoxy groups -OCH3 is 2. The number of carboxylic acids is 1. The number of carboxylic acid groups (broad SMARTS) is 1. The normalized spacial score (nSPS) is 16.2. The second kappa shape index (κ2) is 14.3. The molecule has 2 atom stereocenters. The van der Waals surface area contributed by atoms with Gasteiger partial charge >= 0.3 is 11.9 Å². The molecule has 4 aromatic rings. The van der Waals surface area contributed by atoms with Gasteiger partial charge in [0.2, 0.25) is 0 Å². The highest BCUT2D eigenvalue weighted by Gasteiger charge is 2.40. The van der Waals surface area contributed by atoms with Crippen molar-refractivity contribution < 1.29 is 42.1 Å². The van der Waals surface area contributed by atoms with Gasteiger partial charge in [-0.05, 0) is 85.0 Å². The summed E-state index contributed by atoms with van der Waals surface area (Å²) in [6.45, 7) is -0.308. The Hall–Kier alpha value is -4.13. The Morgan fingerprint density at radius 2 is 1.78 bits per heavy atom. The molecule has 1 fully saturated rings. The molecule has 10 nitrogen and oxygen atoms in total. The molecule has 0 aliphatic carbocycles. The summed E-state index contributed by atoms with van der Waals surface area (Å²) in [6.07, 6.45) is 1.75. The van der Waals surface area contributed by atoms with Crippen molar-refractivity contribution in [2.75, 3.05) is 27.4 Å². The Morgan fingerprint density at radius 3 is 2.53 bits per heavy atom. The lowest BCUT2D eigenvalue weighted by Crippen LogP contribution is -2.48. The average Bonchev–Trinajstić information content (AvgIpc) is 3.51. The number of rotatable bonds is 13. The third-order valence-corrected chi connectivity index (χ3v) is 11.2. The molecule has 0 radical (unpaired) electrons. The molecule has 2 heterocycles. The minimum atomic E-state index is -3.96. The Balaban J connectivity index is 1.41. The van der Waals surface area contributed by atoms with Gasteiger partial charge in [-0.25, -0.2) is 13.2 Å². The van der Waals surface area contributed by atoms with Crippen LogP contribution in [0.5, 0.6) is 17.2 Å². The highest BCUT2D eigenvalue weighted by atomic mass is 32.2. The van der Waals surface area contributed by atoms with Gasteiger partial charge in [-0.15, -0.1) is 11.3 Å². The average molecular weight is 654 g/mol. The number of hydrogen-bond donors (Lipinski definition) is 1. The third kappa shape index (κ3) is 7.58. The summed E-state index contributed by atoms with van der Waals surface area (Å²) in [7, 11) is -0.850. The van der Waals surface area contributed by atoms with Crippen molar-refractivity contribution in [2.24, 2.45) is 0 Å². The first-order chi connectivity index (χ1) is 21.7. The van der Waals surface area contributed by atoms with E-state index in [0.717, 1.165) is 15.6 Å². The molecule has 0 unspecified atom stereocenters. The molecule has 1 aromatic heterocycles. The van der Waals surface area contributed by atoms with Gasteiger partial charge in [-0.1, -0.05) is 36.4 Å². The smallest absolute Gasteiger partial charge is 0.341 e. The fourth-order valence-corrected chi connectivity index (χ4v) is 8.60. The minimum Gasteiger partial charge on any atom is -0.493 e. The number of fused-ring (bicyclic) bond motifs is 1. The molecule has 238 valence electrons. The fraction of sp³-hybridized carbons (Fsp3) is 0.333. The van der Waals surface area contributed by atoms with Crippen LogP contribution in [0.4, 0.5) is 0 Å². The van der Waals surface area contributed by atoms with Crippen molar-refractivity contribution in [2.45, 2.75) is 48.5 Å². The molecule has 0 bridgehead atoms. The molecule has 1 saturated heterocycles. The number of esters is 1. The Morgan fingerprint density at radius 1 is 0.978 bits per heavy atom. The van der Waals surface area contributed by atoms with Crippen LogP contribution in [-0.4, -0.2) is 63.2 Å². The van der Waals surface area contributed by atoms with E-state index in [1.54, 1.807) is 50.6 Å². The Bertz CT molecular complexity index is 1740. The van der Waals surface area contributed by atoms with Crippen molar-refractivity contribution in [3.63, 3.8) is 0 Å². The summed E-state index contributed by atoms with van der Waals surface area (Å²) in [4.78, 5) is 24.9. The van der Waals surface area contributed by atoms with Gasteiger partial charge in [0, 0.05) is 11.2 Å². The van der Waals surface area contributed by atoms with Crippen molar-refractivity contribution in [3.05, 3.63) is 83.9 Å². The van der Waals surface area contributed by atoms with Crippen molar-refractivity contribution in [1.29, 1.82) is 0 Å². The number of carbonyl (C=O) groups is 2.